The molecule has 188 valence electrons. The van der Waals surface area contributed by atoms with Crippen LogP contribution in [0.4, 0.5) is 23.8 Å². The van der Waals surface area contributed by atoms with Crippen LogP contribution in [-0.4, -0.2) is 61.8 Å². The molecule has 1 amide bonds. The number of hydrogen-bond donors (Lipinski definition) is 0. The number of pyridine rings is 1. The minimum Gasteiger partial charge on any atom is -0.446 e. The number of rotatable bonds is 3. The molecule has 0 bridgehead atoms. The summed E-state index contributed by atoms with van der Waals surface area (Å²) >= 11 is 0. The maximum Gasteiger partial charge on any atom is 0.418 e. The lowest BCUT2D eigenvalue weighted by Crippen LogP contribution is -2.59. The van der Waals surface area contributed by atoms with E-state index in [-0.39, 0.29) is 59.5 Å². The molecule has 12 heteroatoms. The average molecular weight is 499 g/mol. The third-order valence-corrected chi connectivity index (χ3v) is 6.80. The second kappa shape index (κ2) is 8.96. The van der Waals surface area contributed by atoms with Gasteiger partial charge in [-0.3, -0.25) is 4.57 Å². The van der Waals surface area contributed by atoms with Crippen LogP contribution in [0.3, 0.4) is 0 Å². The number of hydrogen-bond acceptors (Lipinski definition) is 7. The van der Waals surface area contributed by atoms with Gasteiger partial charge in [-0.1, -0.05) is 0 Å². The van der Waals surface area contributed by atoms with E-state index in [9.17, 15) is 23.2 Å². The lowest BCUT2D eigenvalue weighted by molar-refractivity contribution is -0.136. The first-order valence-electron chi connectivity index (χ1n) is 11.7. The number of piperazine rings is 1. The van der Waals surface area contributed by atoms with Crippen LogP contribution < -0.4 is 4.90 Å². The summed E-state index contributed by atoms with van der Waals surface area (Å²) in [4.78, 5) is 28.7. The van der Waals surface area contributed by atoms with Crippen LogP contribution in [-0.2, 0) is 10.9 Å². The van der Waals surface area contributed by atoms with E-state index < -0.39 is 17.8 Å². The highest BCUT2D eigenvalue weighted by Gasteiger charge is 2.40. The lowest BCUT2D eigenvalue weighted by Gasteiger charge is -2.44. The van der Waals surface area contributed by atoms with E-state index in [0.717, 1.165) is 25.5 Å². The molecular weight excluding hydrogens is 475 g/mol. The number of ether oxygens (including phenoxy) is 1. The van der Waals surface area contributed by atoms with Gasteiger partial charge in [-0.25, -0.2) is 19.7 Å². The third kappa shape index (κ3) is 4.19. The summed E-state index contributed by atoms with van der Waals surface area (Å²) in [6.07, 6.45) is 1.15. The maximum absolute atomic E-state index is 14.2. The summed E-state index contributed by atoms with van der Waals surface area (Å²) in [5.74, 6) is 0.276. The Bertz CT molecular complexity index is 1350. The zero-order chi connectivity index (χ0) is 25.6. The molecule has 3 aromatic rings. The van der Waals surface area contributed by atoms with Gasteiger partial charge in [0.25, 0.3) is 0 Å². The predicted octanol–water partition coefficient (Wildman–Crippen LogP) is 4.29. The Hall–Kier alpha value is -3.88. The lowest BCUT2D eigenvalue weighted by atomic mass is 9.96. The van der Waals surface area contributed by atoms with Gasteiger partial charge in [0.2, 0.25) is 0 Å². The van der Waals surface area contributed by atoms with E-state index >= 15 is 0 Å². The molecule has 9 nitrogen and oxygen atoms in total. The number of carbonyl (C=O) groups is 1. The second-order valence-corrected chi connectivity index (χ2v) is 9.26. The van der Waals surface area contributed by atoms with Crippen LogP contribution in [0.5, 0.6) is 0 Å². The highest BCUT2D eigenvalue weighted by molar-refractivity contribution is 5.93. The molecule has 0 spiro atoms. The van der Waals surface area contributed by atoms with Gasteiger partial charge in [0.1, 0.15) is 24.1 Å². The summed E-state index contributed by atoms with van der Waals surface area (Å²) in [5, 5.41) is 9.06. The van der Waals surface area contributed by atoms with E-state index in [4.69, 9.17) is 4.74 Å². The fourth-order valence-electron chi connectivity index (χ4n) is 4.65. The first-order valence-corrected chi connectivity index (χ1v) is 11.7. The zero-order valence-corrected chi connectivity index (χ0v) is 19.7. The number of aromatic nitrogens is 4. The molecule has 0 aromatic carbocycles. The van der Waals surface area contributed by atoms with Gasteiger partial charge in [-0.15, -0.1) is 0 Å². The number of alkyl halides is 3. The number of amides is 1. The van der Waals surface area contributed by atoms with Crippen molar-refractivity contribution in [3.63, 3.8) is 0 Å². The van der Waals surface area contributed by atoms with Gasteiger partial charge in [-0.05, 0) is 45.2 Å². The van der Waals surface area contributed by atoms with Gasteiger partial charge < -0.3 is 14.5 Å². The molecule has 0 radical (unpaired) electrons. The Morgan fingerprint density at radius 1 is 1.17 bits per heavy atom. The molecule has 1 aliphatic heterocycles. The van der Waals surface area contributed by atoms with Crippen molar-refractivity contribution in [3.05, 3.63) is 42.0 Å². The van der Waals surface area contributed by atoms with Crippen molar-refractivity contribution in [1.82, 2.24) is 24.4 Å². The molecule has 36 heavy (non-hydrogen) atoms. The summed E-state index contributed by atoms with van der Waals surface area (Å²) in [6, 6.07) is 4.22. The van der Waals surface area contributed by atoms with Crippen molar-refractivity contribution in [2.24, 2.45) is 0 Å². The molecule has 5 rings (SSSR count). The van der Waals surface area contributed by atoms with Gasteiger partial charge in [-0.2, -0.15) is 18.4 Å². The van der Waals surface area contributed by atoms with Crippen molar-refractivity contribution in [2.45, 2.75) is 57.5 Å². The highest BCUT2D eigenvalue weighted by Crippen LogP contribution is 2.41. The molecular formula is C24H24F3N7O2. The van der Waals surface area contributed by atoms with Crippen LogP contribution in [0, 0.1) is 11.3 Å². The maximum atomic E-state index is 14.2. The minimum absolute atomic E-state index is 0.0293. The highest BCUT2D eigenvalue weighted by atomic mass is 19.4. The molecule has 1 saturated heterocycles. The molecule has 2 aliphatic rings. The number of fused-ring (bicyclic) bond motifs is 1. The number of anilines is 1. The molecule has 2 fully saturated rings. The normalized spacial score (nSPS) is 20.8. The Balaban J connectivity index is 1.54. The summed E-state index contributed by atoms with van der Waals surface area (Å²) in [7, 11) is 0. The van der Waals surface area contributed by atoms with Crippen LogP contribution in [0.2, 0.25) is 0 Å². The Kier molecular flexibility index (Phi) is 5.94. The molecule has 3 aromatic heterocycles. The Morgan fingerprint density at radius 3 is 2.61 bits per heavy atom. The van der Waals surface area contributed by atoms with E-state index in [0.29, 0.717) is 0 Å². The van der Waals surface area contributed by atoms with E-state index in [2.05, 4.69) is 15.0 Å². The zero-order valence-electron chi connectivity index (χ0n) is 19.7. The summed E-state index contributed by atoms with van der Waals surface area (Å²) in [5.41, 5.74) is -0.609. The van der Waals surface area contributed by atoms with Gasteiger partial charge >= 0.3 is 12.3 Å². The SMILES string of the molecule is C[C@@H]1CN(c2ncnc3c2c(C(F)(F)F)cn3-c2cc(C#N)ccn2)[C@@H](C)CN1C(=O)OC1CCC1. The predicted molar refractivity (Wildman–Crippen MR) is 123 cm³/mol. The van der Waals surface area contributed by atoms with Crippen molar-refractivity contribution < 1.29 is 22.7 Å². The smallest absolute Gasteiger partial charge is 0.418 e. The minimum atomic E-state index is -4.68. The monoisotopic (exact) mass is 499 g/mol. The van der Waals surface area contributed by atoms with E-state index in [1.165, 1.54) is 29.2 Å². The molecule has 1 saturated carbocycles. The first kappa shape index (κ1) is 23.8. The molecule has 0 unspecified atom stereocenters. The number of nitriles is 1. The van der Waals surface area contributed by atoms with Crippen molar-refractivity contribution in [2.75, 3.05) is 18.0 Å². The van der Waals surface area contributed by atoms with Crippen LogP contribution in [0.15, 0.2) is 30.9 Å². The van der Waals surface area contributed by atoms with Gasteiger partial charge in [0.05, 0.1) is 22.6 Å². The summed E-state index contributed by atoms with van der Waals surface area (Å²) in [6.45, 7) is 4.24. The third-order valence-electron chi connectivity index (χ3n) is 6.80. The molecule has 1 aliphatic carbocycles. The number of nitrogens with zero attached hydrogens (tertiary/aromatic N) is 7. The Morgan fingerprint density at radius 2 is 1.94 bits per heavy atom. The fourth-order valence-corrected chi connectivity index (χ4v) is 4.65. The van der Waals surface area contributed by atoms with Crippen molar-refractivity contribution in [1.29, 1.82) is 5.26 Å². The van der Waals surface area contributed by atoms with Crippen LogP contribution >= 0.6 is 0 Å². The topological polar surface area (TPSA) is 100 Å². The molecule has 2 atom stereocenters. The standard InChI is InChI=1S/C24H24F3N7O2/c1-14-11-33(23(35)36-17-4-3-5-17)15(2)10-32(14)21-20-18(24(25,26)27)12-34(22(20)31-13-30-21)19-8-16(9-28)6-7-29-19/h6-8,12-15,17H,3-5,10-11H2,1-2H3/t14-,15+/m0/s1. The fraction of sp³-hybridized carbons (Fsp3) is 0.458. The number of carbonyl (C=O) groups excluding carboxylic acids is 1. The van der Waals surface area contributed by atoms with E-state index in [1.807, 2.05) is 19.9 Å². The first-order chi connectivity index (χ1) is 17.2. The summed E-state index contributed by atoms with van der Waals surface area (Å²) < 4.78 is 49.4. The van der Waals surface area contributed by atoms with Crippen molar-refractivity contribution >= 4 is 22.9 Å². The van der Waals surface area contributed by atoms with Gasteiger partial charge in [0, 0.05) is 37.6 Å². The average Bonchev–Trinajstić information content (AvgIpc) is 3.23. The Labute approximate surface area is 205 Å². The van der Waals surface area contributed by atoms with Crippen LogP contribution in [0.1, 0.15) is 44.2 Å². The van der Waals surface area contributed by atoms with Crippen molar-refractivity contribution in [3.8, 4) is 11.9 Å². The number of halogens is 3. The molecule has 0 N–H and O–H groups in total. The molecule has 4 heterocycles. The van der Waals surface area contributed by atoms with Gasteiger partial charge in [0.15, 0.2) is 5.65 Å². The van der Waals surface area contributed by atoms with E-state index in [1.54, 1.807) is 9.80 Å². The quantitative estimate of drug-likeness (QED) is 0.530. The van der Waals surface area contributed by atoms with Crippen LogP contribution in [0.25, 0.3) is 16.9 Å². The second-order valence-electron chi connectivity index (χ2n) is 9.26. The largest absolute Gasteiger partial charge is 0.446 e.